The third kappa shape index (κ3) is 2.37. The van der Waals surface area contributed by atoms with Gasteiger partial charge in [-0.05, 0) is 36.2 Å². The van der Waals surface area contributed by atoms with E-state index >= 15 is 0 Å². The average Bonchev–Trinajstić information content (AvgIpc) is 2.98. The van der Waals surface area contributed by atoms with Gasteiger partial charge in [0.2, 0.25) is 0 Å². The zero-order valence-corrected chi connectivity index (χ0v) is 12.5. The molecule has 0 aliphatic rings. The van der Waals surface area contributed by atoms with Crippen molar-refractivity contribution in [1.29, 1.82) is 0 Å². The monoisotopic (exact) mass is 309 g/mol. The van der Waals surface area contributed by atoms with Crippen LogP contribution in [0.4, 0.5) is 8.78 Å². The van der Waals surface area contributed by atoms with Gasteiger partial charge in [0, 0.05) is 19.8 Å². The molecular formula is C15H13F2NS2. The lowest BCUT2D eigenvalue weighted by molar-refractivity contribution is 0.513. The van der Waals surface area contributed by atoms with Gasteiger partial charge in [0.15, 0.2) is 0 Å². The molecule has 1 N–H and O–H groups in total. The molecule has 0 fully saturated rings. The second-order valence-electron chi connectivity index (χ2n) is 4.42. The first-order valence-electron chi connectivity index (χ1n) is 6.35. The molecule has 104 valence electrons. The third-order valence-corrected chi connectivity index (χ3v) is 5.30. The number of rotatable bonds is 4. The number of hydrogen-bond acceptors (Lipinski definition) is 3. The van der Waals surface area contributed by atoms with E-state index in [2.05, 4.69) is 5.32 Å². The van der Waals surface area contributed by atoms with Crippen molar-refractivity contribution in [2.45, 2.75) is 13.0 Å². The highest BCUT2D eigenvalue weighted by atomic mass is 32.1. The fraction of sp³-hybridized carbons (Fsp3) is 0.200. The lowest BCUT2D eigenvalue weighted by atomic mass is 10.0. The van der Waals surface area contributed by atoms with Crippen LogP contribution in [0, 0.1) is 11.6 Å². The minimum atomic E-state index is -0.507. The molecular weight excluding hydrogens is 296 g/mol. The molecule has 1 aromatic carbocycles. The number of benzene rings is 1. The highest BCUT2D eigenvalue weighted by molar-refractivity contribution is 7.27. The van der Waals surface area contributed by atoms with Gasteiger partial charge in [0.1, 0.15) is 11.6 Å². The Hall–Kier alpha value is -1.30. The van der Waals surface area contributed by atoms with E-state index in [1.165, 1.54) is 18.2 Å². The smallest absolute Gasteiger partial charge is 0.131 e. The van der Waals surface area contributed by atoms with Gasteiger partial charge in [-0.3, -0.25) is 0 Å². The molecule has 1 nitrogen and oxygen atoms in total. The summed E-state index contributed by atoms with van der Waals surface area (Å²) < 4.78 is 30.4. The molecule has 0 radical (unpaired) electrons. The fourth-order valence-electron chi connectivity index (χ4n) is 2.26. The Morgan fingerprint density at radius 3 is 2.55 bits per heavy atom. The van der Waals surface area contributed by atoms with E-state index in [9.17, 15) is 8.78 Å². The van der Waals surface area contributed by atoms with Gasteiger partial charge in [-0.1, -0.05) is 13.0 Å². The normalized spacial score (nSPS) is 12.9. The van der Waals surface area contributed by atoms with Crippen LogP contribution in [0.15, 0.2) is 35.7 Å². The van der Waals surface area contributed by atoms with E-state index in [1.807, 2.05) is 24.4 Å². The van der Waals surface area contributed by atoms with Crippen LogP contribution in [0.5, 0.6) is 0 Å². The van der Waals surface area contributed by atoms with E-state index < -0.39 is 17.7 Å². The van der Waals surface area contributed by atoms with E-state index in [-0.39, 0.29) is 5.56 Å². The molecule has 0 saturated carbocycles. The van der Waals surface area contributed by atoms with Crippen LogP contribution >= 0.6 is 22.7 Å². The molecule has 0 spiro atoms. The summed E-state index contributed by atoms with van der Waals surface area (Å²) in [7, 11) is 0. The molecule has 2 aromatic heterocycles. The van der Waals surface area contributed by atoms with Crippen LogP contribution in [0.2, 0.25) is 0 Å². The van der Waals surface area contributed by atoms with Crippen molar-refractivity contribution in [3.63, 3.8) is 0 Å². The molecule has 20 heavy (non-hydrogen) atoms. The zero-order chi connectivity index (χ0) is 14.1. The first kappa shape index (κ1) is 13.7. The number of fused-ring (bicyclic) bond motifs is 1. The summed E-state index contributed by atoms with van der Waals surface area (Å²) in [6.07, 6.45) is 0. The predicted molar refractivity (Wildman–Crippen MR) is 81.6 cm³/mol. The first-order valence-corrected chi connectivity index (χ1v) is 8.04. The summed E-state index contributed by atoms with van der Waals surface area (Å²) in [6.45, 7) is 2.58. The summed E-state index contributed by atoms with van der Waals surface area (Å²) in [6, 6.07) is 7.62. The van der Waals surface area contributed by atoms with E-state index in [0.717, 1.165) is 14.3 Å². The molecule has 3 aromatic rings. The lowest BCUT2D eigenvalue weighted by Gasteiger charge is -2.18. The summed E-state index contributed by atoms with van der Waals surface area (Å²) in [5.41, 5.74) is 0.100. The van der Waals surface area contributed by atoms with E-state index in [1.54, 1.807) is 22.7 Å². The minimum absolute atomic E-state index is 0.100. The molecule has 1 atom stereocenters. The minimum Gasteiger partial charge on any atom is -0.306 e. The number of nitrogens with one attached hydrogen (secondary N) is 1. The largest absolute Gasteiger partial charge is 0.306 e. The van der Waals surface area contributed by atoms with Crippen molar-refractivity contribution in [1.82, 2.24) is 5.32 Å². The molecule has 0 saturated heterocycles. The van der Waals surface area contributed by atoms with Crippen molar-refractivity contribution in [2.24, 2.45) is 0 Å². The van der Waals surface area contributed by atoms with Crippen LogP contribution in [0.3, 0.4) is 0 Å². The molecule has 0 amide bonds. The molecule has 0 aliphatic carbocycles. The number of halogens is 2. The van der Waals surface area contributed by atoms with Crippen LogP contribution in [0.1, 0.15) is 23.4 Å². The van der Waals surface area contributed by atoms with Crippen LogP contribution in [-0.2, 0) is 0 Å². The molecule has 0 bridgehead atoms. The third-order valence-electron chi connectivity index (χ3n) is 3.14. The summed E-state index contributed by atoms with van der Waals surface area (Å²) in [5.74, 6) is -1.01. The van der Waals surface area contributed by atoms with Crippen molar-refractivity contribution in [2.75, 3.05) is 6.54 Å². The van der Waals surface area contributed by atoms with Gasteiger partial charge in [0.05, 0.1) is 6.04 Å². The number of thiophene rings is 2. The van der Waals surface area contributed by atoms with Crippen molar-refractivity contribution in [3.05, 3.63) is 57.8 Å². The van der Waals surface area contributed by atoms with Crippen LogP contribution in [0.25, 0.3) is 9.40 Å². The standard InChI is InChI=1S/C15H13F2NS2/c1-2-18-15(14-9(16)4-3-5-10(14)17)13-8-12-11(20-13)6-7-19-12/h3-8,15,18H,2H2,1H3. The van der Waals surface area contributed by atoms with Gasteiger partial charge in [-0.15, -0.1) is 22.7 Å². The van der Waals surface area contributed by atoms with Gasteiger partial charge in [-0.2, -0.15) is 0 Å². The fourth-order valence-corrected chi connectivity index (χ4v) is 4.47. The van der Waals surface area contributed by atoms with Gasteiger partial charge in [0.25, 0.3) is 0 Å². The van der Waals surface area contributed by atoms with Crippen molar-refractivity contribution < 1.29 is 8.78 Å². The second-order valence-corrected chi connectivity index (χ2v) is 6.49. The topological polar surface area (TPSA) is 12.0 Å². The Morgan fingerprint density at radius 2 is 1.90 bits per heavy atom. The Bertz CT molecular complexity index is 684. The average molecular weight is 309 g/mol. The van der Waals surface area contributed by atoms with Gasteiger partial charge in [-0.25, -0.2) is 8.78 Å². The Labute approximate surface area is 123 Å². The predicted octanol–water partition coefficient (Wildman–Crippen LogP) is 4.94. The van der Waals surface area contributed by atoms with Crippen molar-refractivity contribution in [3.8, 4) is 0 Å². The highest BCUT2D eigenvalue weighted by Gasteiger charge is 2.23. The zero-order valence-electron chi connectivity index (χ0n) is 10.8. The lowest BCUT2D eigenvalue weighted by Crippen LogP contribution is -2.23. The SMILES string of the molecule is CCNC(c1cc2sccc2s1)c1c(F)cccc1F. The van der Waals surface area contributed by atoms with E-state index in [4.69, 9.17) is 0 Å². The van der Waals surface area contributed by atoms with Gasteiger partial charge < -0.3 is 5.32 Å². The Kier molecular flexibility index (Phi) is 3.83. The molecule has 2 heterocycles. The first-order chi connectivity index (χ1) is 9.70. The van der Waals surface area contributed by atoms with Crippen molar-refractivity contribution >= 4 is 32.1 Å². The quantitative estimate of drug-likeness (QED) is 0.720. The summed E-state index contributed by atoms with van der Waals surface area (Å²) in [4.78, 5) is 0.942. The highest BCUT2D eigenvalue weighted by Crippen LogP contribution is 2.37. The molecule has 0 aliphatic heterocycles. The van der Waals surface area contributed by atoms with Crippen LogP contribution in [-0.4, -0.2) is 6.54 Å². The van der Waals surface area contributed by atoms with Gasteiger partial charge >= 0.3 is 0 Å². The Balaban J connectivity index is 2.11. The van der Waals surface area contributed by atoms with E-state index in [0.29, 0.717) is 6.54 Å². The molecule has 3 rings (SSSR count). The Morgan fingerprint density at radius 1 is 1.15 bits per heavy atom. The summed E-state index contributed by atoms with van der Waals surface area (Å²) in [5, 5.41) is 5.21. The van der Waals surface area contributed by atoms with Crippen LogP contribution < -0.4 is 5.32 Å². The maximum Gasteiger partial charge on any atom is 0.131 e. The number of hydrogen-bond donors (Lipinski definition) is 1. The summed E-state index contributed by atoms with van der Waals surface area (Å²) >= 11 is 3.22. The molecule has 1 unspecified atom stereocenters. The maximum absolute atomic E-state index is 14.0. The maximum atomic E-state index is 14.0. The molecule has 5 heteroatoms. The second kappa shape index (κ2) is 5.60.